The van der Waals surface area contributed by atoms with Gasteiger partial charge in [-0.2, -0.15) is 0 Å². The average Bonchev–Trinajstić information content (AvgIpc) is 2.55. The molecule has 0 radical (unpaired) electrons. The van der Waals surface area contributed by atoms with Crippen LogP contribution >= 0.6 is 0 Å². The second-order valence-corrected chi connectivity index (χ2v) is 5.04. The highest BCUT2D eigenvalue weighted by Crippen LogP contribution is 2.17. The Balaban J connectivity index is 2.25. The first kappa shape index (κ1) is 11.5. The average molecular weight is 198 g/mol. The Hall–Kier alpha value is -0.570. The summed E-state index contributed by atoms with van der Waals surface area (Å²) < 4.78 is 5.30. The van der Waals surface area contributed by atoms with Crippen LogP contribution in [0.4, 0.5) is 0 Å². The van der Waals surface area contributed by atoms with Crippen molar-refractivity contribution >= 4 is 5.84 Å². The molecule has 0 aromatic carbocycles. The molecule has 1 aliphatic heterocycles. The van der Waals surface area contributed by atoms with E-state index in [4.69, 9.17) is 10.5 Å². The summed E-state index contributed by atoms with van der Waals surface area (Å²) in [5.41, 5.74) is 5.86. The SMILES string of the molecule is CC(C)(C)C(N)=NCCC1CCOC1. The lowest BCUT2D eigenvalue weighted by Crippen LogP contribution is -2.29. The van der Waals surface area contributed by atoms with Crippen molar-refractivity contribution in [2.75, 3.05) is 19.8 Å². The molecular weight excluding hydrogens is 176 g/mol. The maximum absolute atomic E-state index is 5.85. The molecule has 0 amide bonds. The summed E-state index contributed by atoms with van der Waals surface area (Å²) in [6.07, 6.45) is 2.29. The minimum Gasteiger partial charge on any atom is -0.387 e. The molecule has 3 nitrogen and oxygen atoms in total. The Morgan fingerprint density at radius 3 is 2.71 bits per heavy atom. The predicted octanol–water partition coefficient (Wildman–Crippen LogP) is 1.82. The van der Waals surface area contributed by atoms with Gasteiger partial charge in [-0.05, 0) is 18.8 Å². The summed E-state index contributed by atoms with van der Waals surface area (Å²) in [5.74, 6) is 1.46. The fourth-order valence-corrected chi connectivity index (χ4v) is 1.42. The molecule has 0 bridgehead atoms. The quantitative estimate of drug-likeness (QED) is 0.555. The number of hydrogen-bond donors (Lipinski definition) is 1. The van der Waals surface area contributed by atoms with Crippen molar-refractivity contribution in [2.45, 2.75) is 33.6 Å². The molecule has 0 aromatic rings. The number of amidine groups is 1. The number of rotatable bonds is 3. The molecule has 0 aliphatic carbocycles. The second-order valence-electron chi connectivity index (χ2n) is 5.04. The minimum absolute atomic E-state index is 0.00613. The molecule has 1 atom stereocenters. The molecule has 2 N–H and O–H groups in total. The van der Waals surface area contributed by atoms with Crippen LogP contribution in [0.3, 0.4) is 0 Å². The van der Waals surface area contributed by atoms with Crippen LogP contribution in [-0.2, 0) is 4.74 Å². The van der Waals surface area contributed by atoms with E-state index in [1.54, 1.807) is 0 Å². The van der Waals surface area contributed by atoms with E-state index in [2.05, 4.69) is 25.8 Å². The highest BCUT2D eigenvalue weighted by Gasteiger charge is 2.17. The van der Waals surface area contributed by atoms with Crippen LogP contribution < -0.4 is 5.73 Å². The van der Waals surface area contributed by atoms with Gasteiger partial charge in [-0.1, -0.05) is 20.8 Å². The van der Waals surface area contributed by atoms with Crippen molar-refractivity contribution in [3.8, 4) is 0 Å². The van der Waals surface area contributed by atoms with E-state index in [0.29, 0.717) is 5.92 Å². The van der Waals surface area contributed by atoms with Crippen molar-refractivity contribution < 1.29 is 4.74 Å². The molecule has 0 aromatic heterocycles. The standard InChI is InChI=1S/C11H22N2O/c1-11(2,3)10(12)13-6-4-9-5-7-14-8-9/h9H,4-8H2,1-3H3,(H2,12,13). The van der Waals surface area contributed by atoms with Gasteiger partial charge in [0, 0.05) is 25.2 Å². The molecule has 1 fully saturated rings. The highest BCUT2D eigenvalue weighted by molar-refractivity contribution is 5.85. The third-order valence-corrected chi connectivity index (χ3v) is 2.61. The number of ether oxygens (including phenoxy) is 1. The Morgan fingerprint density at radius 1 is 1.50 bits per heavy atom. The van der Waals surface area contributed by atoms with Crippen molar-refractivity contribution in [1.82, 2.24) is 0 Å². The van der Waals surface area contributed by atoms with Gasteiger partial charge < -0.3 is 10.5 Å². The van der Waals surface area contributed by atoms with E-state index in [1.165, 1.54) is 6.42 Å². The Bertz CT molecular complexity index is 200. The van der Waals surface area contributed by atoms with Gasteiger partial charge in [0.05, 0.1) is 5.84 Å². The molecule has 1 aliphatic rings. The maximum atomic E-state index is 5.85. The van der Waals surface area contributed by atoms with Gasteiger partial charge in [0.2, 0.25) is 0 Å². The van der Waals surface area contributed by atoms with Crippen molar-refractivity contribution in [2.24, 2.45) is 22.1 Å². The minimum atomic E-state index is 0.00613. The molecule has 1 saturated heterocycles. The van der Waals surface area contributed by atoms with E-state index in [-0.39, 0.29) is 5.41 Å². The topological polar surface area (TPSA) is 47.6 Å². The van der Waals surface area contributed by atoms with Crippen molar-refractivity contribution in [3.63, 3.8) is 0 Å². The van der Waals surface area contributed by atoms with Crippen LogP contribution in [0.15, 0.2) is 4.99 Å². The van der Waals surface area contributed by atoms with Crippen LogP contribution in [-0.4, -0.2) is 25.6 Å². The fraction of sp³-hybridized carbons (Fsp3) is 0.909. The van der Waals surface area contributed by atoms with E-state index in [1.807, 2.05) is 0 Å². The maximum Gasteiger partial charge on any atom is 0.0991 e. The predicted molar refractivity (Wildman–Crippen MR) is 59.5 cm³/mol. The molecule has 1 unspecified atom stereocenters. The first-order valence-electron chi connectivity index (χ1n) is 5.38. The van der Waals surface area contributed by atoms with Gasteiger partial charge in [-0.15, -0.1) is 0 Å². The highest BCUT2D eigenvalue weighted by atomic mass is 16.5. The first-order chi connectivity index (χ1) is 6.50. The molecule has 1 rings (SSSR count). The lowest BCUT2D eigenvalue weighted by Gasteiger charge is -2.17. The van der Waals surface area contributed by atoms with Gasteiger partial charge in [0.25, 0.3) is 0 Å². The zero-order valence-corrected chi connectivity index (χ0v) is 9.55. The van der Waals surface area contributed by atoms with Crippen LogP contribution in [0.25, 0.3) is 0 Å². The lowest BCUT2D eigenvalue weighted by atomic mass is 9.95. The summed E-state index contributed by atoms with van der Waals surface area (Å²) in [5, 5.41) is 0. The monoisotopic (exact) mass is 198 g/mol. The third kappa shape index (κ3) is 3.66. The lowest BCUT2D eigenvalue weighted by molar-refractivity contribution is 0.184. The van der Waals surface area contributed by atoms with E-state index in [9.17, 15) is 0 Å². The van der Waals surface area contributed by atoms with E-state index < -0.39 is 0 Å². The number of aliphatic imine (C=N–C) groups is 1. The van der Waals surface area contributed by atoms with Gasteiger partial charge in [-0.3, -0.25) is 4.99 Å². The zero-order valence-electron chi connectivity index (χ0n) is 9.55. The molecule has 14 heavy (non-hydrogen) atoms. The van der Waals surface area contributed by atoms with Gasteiger partial charge >= 0.3 is 0 Å². The smallest absolute Gasteiger partial charge is 0.0991 e. The van der Waals surface area contributed by atoms with Crippen LogP contribution in [0.2, 0.25) is 0 Å². The van der Waals surface area contributed by atoms with Crippen LogP contribution in [0, 0.1) is 11.3 Å². The molecule has 0 spiro atoms. The summed E-state index contributed by atoms with van der Waals surface area (Å²) in [6.45, 7) is 8.94. The van der Waals surface area contributed by atoms with Gasteiger partial charge in [0.15, 0.2) is 0 Å². The summed E-state index contributed by atoms with van der Waals surface area (Å²) in [4.78, 5) is 4.40. The number of nitrogens with two attached hydrogens (primary N) is 1. The summed E-state index contributed by atoms with van der Waals surface area (Å²) in [7, 11) is 0. The first-order valence-corrected chi connectivity index (χ1v) is 5.38. The summed E-state index contributed by atoms with van der Waals surface area (Å²) in [6, 6.07) is 0. The van der Waals surface area contributed by atoms with E-state index in [0.717, 1.165) is 32.0 Å². The van der Waals surface area contributed by atoms with Crippen molar-refractivity contribution in [3.05, 3.63) is 0 Å². The second kappa shape index (κ2) is 4.78. The Labute approximate surface area is 86.7 Å². The number of hydrogen-bond acceptors (Lipinski definition) is 2. The normalized spacial score (nSPS) is 24.2. The zero-order chi connectivity index (χ0) is 10.6. The number of nitrogens with zero attached hydrogens (tertiary/aromatic N) is 1. The Morgan fingerprint density at radius 2 is 2.21 bits per heavy atom. The van der Waals surface area contributed by atoms with Crippen molar-refractivity contribution in [1.29, 1.82) is 0 Å². The largest absolute Gasteiger partial charge is 0.387 e. The molecule has 82 valence electrons. The Kier molecular flexibility index (Phi) is 3.93. The van der Waals surface area contributed by atoms with E-state index >= 15 is 0 Å². The molecule has 0 saturated carbocycles. The molecular formula is C11H22N2O. The van der Waals surface area contributed by atoms with Crippen LogP contribution in [0.1, 0.15) is 33.6 Å². The van der Waals surface area contributed by atoms with Crippen LogP contribution in [0.5, 0.6) is 0 Å². The van der Waals surface area contributed by atoms with Gasteiger partial charge in [-0.25, -0.2) is 0 Å². The van der Waals surface area contributed by atoms with Gasteiger partial charge in [0.1, 0.15) is 0 Å². The fourth-order valence-electron chi connectivity index (χ4n) is 1.42. The summed E-state index contributed by atoms with van der Waals surface area (Å²) >= 11 is 0. The molecule has 3 heteroatoms. The molecule has 1 heterocycles. The third-order valence-electron chi connectivity index (χ3n) is 2.61.